The van der Waals surface area contributed by atoms with Crippen molar-refractivity contribution in [3.05, 3.63) is 179 Å². The zero-order valence-electron chi connectivity index (χ0n) is 57.3. The second-order valence-corrected chi connectivity index (χ2v) is 26.0. The number of nitrogens with zero attached hydrogens (tertiary/aromatic N) is 2. The van der Waals surface area contributed by atoms with Gasteiger partial charge in [-0.3, -0.25) is 43.2 Å². The van der Waals surface area contributed by atoms with Gasteiger partial charge in [0, 0.05) is 82.3 Å². The average Bonchev–Trinajstić information content (AvgIpc) is 1.73. The number of fused-ring (bicyclic) bond motifs is 2. The quantitative estimate of drug-likeness (QED) is 0.0211. The lowest BCUT2D eigenvalue weighted by atomic mass is 9.81. The minimum atomic E-state index is -1.77. The van der Waals surface area contributed by atoms with Gasteiger partial charge in [0.1, 0.15) is 24.2 Å². The number of hydrogen-bond acceptors (Lipinski definition) is 12. The van der Waals surface area contributed by atoms with Crippen LogP contribution >= 0.6 is 0 Å². The van der Waals surface area contributed by atoms with E-state index in [0.717, 1.165) is 16.7 Å². The van der Waals surface area contributed by atoms with Gasteiger partial charge in [-0.15, -0.1) is 0 Å². The van der Waals surface area contributed by atoms with E-state index in [1.165, 1.54) is 0 Å². The number of carbonyl (C=O) groups is 9. The fourth-order valence-corrected chi connectivity index (χ4v) is 14.4. The first-order valence-corrected chi connectivity index (χ1v) is 35.1. The number of rotatable bonds is 30. The van der Waals surface area contributed by atoms with Crippen LogP contribution in [-0.4, -0.2) is 152 Å². The summed E-state index contributed by atoms with van der Waals surface area (Å²) >= 11 is 0. The third kappa shape index (κ3) is 19.0. The summed E-state index contributed by atoms with van der Waals surface area (Å²) in [4.78, 5) is 132. The van der Waals surface area contributed by atoms with E-state index in [4.69, 9.17) is 0 Å². The predicted octanol–water partition coefficient (Wildman–Crippen LogP) is 5.16. The molecule has 4 saturated heterocycles. The molecule has 522 valence electrons. The molecule has 0 radical (unpaired) electrons. The topological polar surface area (TPSA) is 280 Å². The van der Waals surface area contributed by atoms with E-state index in [1.807, 2.05) is 117 Å². The monoisotopic (exact) mass is 1340 g/mol. The molecule has 4 aliphatic rings. The Labute approximate surface area is 582 Å². The second kappa shape index (κ2) is 36.8. The van der Waals surface area contributed by atoms with Crippen LogP contribution in [0, 0.1) is 35.5 Å². The molecular formula is C78H96N12O9. The molecule has 4 fully saturated rings. The summed E-state index contributed by atoms with van der Waals surface area (Å²) in [5.74, 6) is 7.36. The zero-order valence-corrected chi connectivity index (χ0v) is 57.3. The normalized spacial score (nSPS) is 20.9. The second-order valence-electron chi connectivity index (χ2n) is 26.0. The van der Waals surface area contributed by atoms with Crippen molar-refractivity contribution in [3.63, 3.8) is 0 Å². The summed E-state index contributed by atoms with van der Waals surface area (Å²) in [6.07, 6.45) is 5.89. The van der Waals surface area contributed by atoms with Crippen LogP contribution in [0.15, 0.2) is 152 Å². The molecular weight excluding hydrogens is 1250 g/mol. The van der Waals surface area contributed by atoms with E-state index >= 15 is 14.4 Å². The molecule has 9 rings (SSSR count). The van der Waals surface area contributed by atoms with Gasteiger partial charge in [0.25, 0.3) is 5.91 Å². The lowest BCUT2D eigenvalue weighted by Gasteiger charge is -2.38. The predicted molar refractivity (Wildman–Crippen MR) is 379 cm³/mol. The molecule has 0 spiro atoms. The van der Waals surface area contributed by atoms with Gasteiger partial charge in [0.15, 0.2) is 5.54 Å². The van der Waals surface area contributed by atoms with Crippen molar-refractivity contribution in [2.75, 3.05) is 40.3 Å². The first-order chi connectivity index (χ1) is 48.2. The van der Waals surface area contributed by atoms with Crippen molar-refractivity contribution in [3.8, 4) is 23.7 Å². The molecule has 0 bridgehead atoms. The molecule has 9 amide bonds. The number of likely N-dealkylation sites (N-methyl/N-ethyl adjacent to an activating group) is 2. The Kier molecular flexibility index (Phi) is 27.3. The molecule has 10 atom stereocenters. The van der Waals surface area contributed by atoms with Crippen molar-refractivity contribution in [1.29, 1.82) is 0 Å². The maximum atomic E-state index is 15.2. The summed E-state index contributed by atoms with van der Waals surface area (Å²) in [5.41, 5.74) is 2.09. The summed E-state index contributed by atoms with van der Waals surface area (Å²) in [5, 5.41) is 30.9. The lowest BCUT2D eigenvalue weighted by Crippen LogP contribution is -2.63. The van der Waals surface area contributed by atoms with Crippen LogP contribution in [0.25, 0.3) is 0 Å². The number of hydrogen-bond donors (Lipinski definition) is 10. The van der Waals surface area contributed by atoms with E-state index in [0.29, 0.717) is 88.4 Å². The van der Waals surface area contributed by atoms with Gasteiger partial charge in [-0.05, 0) is 118 Å². The summed E-state index contributed by atoms with van der Waals surface area (Å²) < 4.78 is 0. The maximum Gasteiger partial charge on any atom is 0.255 e. The van der Waals surface area contributed by atoms with E-state index in [9.17, 15) is 28.8 Å². The molecule has 21 nitrogen and oxygen atoms in total. The van der Waals surface area contributed by atoms with E-state index in [-0.39, 0.29) is 105 Å². The van der Waals surface area contributed by atoms with E-state index < -0.39 is 65.6 Å². The van der Waals surface area contributed by atoms with Crippen LogP contribution in [0.4, 0.5) is 0 Å². The summed E-state index contributed by atoms with van der Waals surface area (Å²) in [6, 6.07) is 41.6. The van der Waals surface area contributed by atoms with Gasteiger partial charge < -0.3 is 63.0 Å². The van der Waals surface area contributed by atoms with Gasteiger partial charge in [-0.2, -0.15) is 0 Å². The number of carbonyl (C=O) groups excluding carboxylic acids is 9. The Morgan fingerprint density at radius 1 is 0.505 bits per heavy atom. The van der Waals surface area contributed by atoms with Crippen molar-refractivity contribution >= 4 is 53.2 Å². The highest BCUT2D eigenvalue weighted by molar-refractivity contribution is 6.00. The molecule has 5 aromatic carbocycles. The van der Waals surface area contributed by atoms with Crippen molar-refractivity contribution in [1.82, 2.24) is 63.0 Å². The Morgan fingerprint density at radius 2 is 0.929 bits per heavy atom. The lowest BCUT2D eigenvalue weighted by molar-refractivity contribution is -0.145. The number of nitrogens with one attached hydrogen (secondary N) is 10. The first kappa shape index (κ1) is 73.6. The Hall–Kier alpha value is -9.67. The molecule has 21 heteroatoms. The fraction of sp³-hybridized carbons (Fsp3) is 0.449. The third-order valence-electron chi connectivity index (χ3n) is 19.8. The van der Waals surface area contributed by atoms with Gasteiger partial charge in [0.05, 0.1) is 18.1 Å². The third-order valence-corrected chi connectivity index (χ3v) is 19.8. The van der Waals surface area contributed by atoms with E-state index in [2.05, 4.69) is 76.8 Å². The molecule has 4 aliphatic heterocycles. The molecule has 0 aromatic heterocycles. The maximum absolute atomic E-state index is 15.2. The highest BCUT2D eigenvalue weighted by Crippen LogP contribution is 2.38. The highest BCUT2D eigenvalue weighted by atomic mass is 16.2. The molecule has 0 unspecified atom stereocenters. The van der Waals surface area contributed by atoms with Gasteiger partial charge >= 0.3 is 0 Å². The Balaban J connectivity index is 0.765. The summed E-state index contributed by atoms with van der Waals surface area (Å²) in [7, 11) is 3.40. The minimum absolute atomic E-state index is 0.00679. The van der Waals surface area contributed by atoms with Gasteiger partial charge in [-0.1, -0.05) is 177 Å². The van der Waals surface area contributed by atoms with Crippen LogP contribution < -0.4 is 53.2 Å². The SMILES string of the molecule is CC[C@H](NC)C(=O)N[C@@H]1C(=O)N2[C@@H](CC[C@@H]1CNC(=O)CCC#CC#CCCC(=O)NCCNC(=O)C(NC(=O)[C@@H]1CC[C@@H]3CC[C@H](CNCc4ccccc4)[C@H](NC(=O)[C@H](CC)NC)C(=O)N31)(c1ccccc1)c1ccccc1)CC[C@H]2C(=O)NC(c1ccccc1)c1ccccc1. The van der Waals surface area contributed by atoms with Crippen molar-refractivity contribution in [2.45, 2.75) is 170 Å². The smallest absolute Gasteiger partial charge is 0.255 e. The molecule has 4 heterocycles. The Morgan fingerprint density at radius 3 is 1.40 bits per heavy atom. The molecule has 0 aliphatic carbocycles. The molecule has 0 saturated carbocycles. The summed E-state index contributed by atoms with van der Waals surface area (Å²) in [6.45, 7) is 5.00. The highest BCUT2D eigenvalue weighted by Gasteiger charge is 2.52. The van der Waals surface area contributed by atoms with Crippen LogP contribution in [0.3, 0.4) is 0 Å². The van der Waals surface area contributed by atoms with Crippen LogP contribution in [-0.2, 0) is 55.2 Å². The van der Waals surface area contributed by atoms with Crippen LogP contribution in [0.2, 0.25) is 0 Å². The molecule has 10 N–H and O–H groups in total. The fourth-order valence-electron chi connectivity index (χ4n) is 14.4. The number of benzene rings is 5. The number of amides is 9. The average molecular weight is 1350 g/mol. The standard InChI is InChI=1S/C78H96N12O9/c1-5-62(79-3)71(93)86-69-56(51-81-50-53-28-16-11-17-29-53)40-42-61-45-47-65(90(61)75(69)97)74(96)88-78(58-34-22-14-23-35-58,59-36-24-15-25-37-59)77(99)83-49-48-82-66(91)38-26-9-7-8-10-27-39-67(92)84-52-57-41-43-60-44-46-64(89(60)76(98)70(57)87-72(94)63(6-2)80-4)73(95)85-68(54-30-18-12-19-31-54)55-32-20-13-21-33-55/h11-25,28-37,56-57,60-65,68-70,79-81H,5-6,26-27,38-52H2,1-4H3,(H,82,91)(H,83,99)(H,84,92)(H,85,95)(H,86,93)(H,87,94)(H,88,96)/t56-,57-,60+,61+,62+,63+,64+,65+,69+,70+/m1/s1. The first-order valence-electron chi connectivity index (χ1n) is 35.1. The molecule has 99 heavy (non-hydrogen) atoms. The largest absolute Gasteiger partial charge is 0.356 e. The zero-order chi connectivity index (χ0) is 70.1. The molecule has 5 aromatic rings. The van der Waals surface area contributed by atoms with Gasteiger partial charge in [-0.25, -0.2) is 0 Å². The van der Waals surface area contributed by atoms with Crippen molar-refractivity contribution < 1.29 is 43.2 Å². The minimum Gasteiger partial charge on any atom is -0.356 e. The van der Waals surface area contributed by atoms with Gasteiger partial charge in [0.2, 0.25) is 47.3 Å². The Bertz CT molecular complexity index is 3590. The van der Waals surface area contributed by atoms with E-state index in [1.54, 1.807) is 72.4 Å². The van der Waals surface area contributed by atoms with Crippen molar-refractivity contribution in [2.24, 2.45) is 11.8 Å². The van der Waals surface area contributed by atoms with Crippen LogP contribution in [0.5, 0.6) is 0 Å². The van der Waals surface area contributed by atoms with Crippen LogP contribution in [0.1, 0.15) is 138 Å².